The number of aromatic amines is 1. The highest BCUT2D eigenvalue weighted by atomic mass is 16.5. The molecule has 2 aromatic carbocycles. The van der Waals surface area contributed by atoms with Gasteiger partial charge in [-0.25, -0.2) is 0 Å². The van der Waals surface area contributed by atoms with Gasteiger partial charge in [0.25, 0.3) is 0 Å². The number of ether oxygens (including phenoxy) is 1. The van der Waals surface area contributed by atoms with E-state index in [2.05, 4.69) is 27.4 Å². The van der Waals surface area contributed by atoms with Crippen molar-refractivity contribution in [3.05, 3.63) is 65.9 Å². The number of anilines is 1. The second kappa shape index (κ2) is 7.66. The minimum absolute atomic E-state index is 0.415. The first-order valence-corrected chi connectivity index (χ1v) is 7.96. The highest BCUT2D eigenvalue weighted by Crippen LogP contribution is 2.18. The van der Waals surface area contributed by atoms with Gasteiger partial charge in [0.05, 0.1) is 6.61 Å². The Labute approximate surface area is 141 Å². The molecule has 3 rings (SSSR count). The van der Waals surface area contributed by atoms with Crippen LogP contribution in [0.1, 0.15) is 11.1 Å². The lowest BCUT2D eigenvalue weighted by atomic mass is 10.1. The third-order valence-corrected chi connectivity index (χ3v) is 3.92. The van der Waals surface area contributed by atoms with Crippen LogP contribution >= 0.6 is 0 Å². The van der Waals surface area contributed by atoms with Crippen molar-refractivity contribution >= 4 is 22.5 Å². The molecule has 0 aliphatic heterocycles. The number of aromatic nitrogens is 1. The molecule has 0 radical (unpaired) electrons. The topological polar surface area (TPSA) is 75.4 Å². The number of rotatable bonds is 6. The molecule has 0 aliphatic carbocycles. The summed E-state index contributed by atoms with van der Waals surface area (Å²) >= 11 is 0. The highest BCUT2D eigenvalue weighted by Gasteiger charge is 2.04. The van der Waals surface area contributed by atoms with E-state index in [1.165, 1.54) is 10.9 Å². The zero-order valence-electron chi connectivity index (χ0n) is 13.8. The molecule has 5 nitrogen and oxygen atoms in total. The minimum atomic E-state index is 0.415. The number of guanidine groups is 1. The van der Waals surface area contributed by atoms with E-state index in [1.54, 1.807) is 7.11 Å². The van der Waals surface area contributed by atoms with E-state index < -0.39 is 0 Å². The molecule has 0 unspecified atom stereocenters. The van der Waals surface area contributed by atoms with Gasteiger partial charge in [-0.05, 0) is 24.1 Å². The largest absolute Gasteiger partial charge is 0.380 e. The molecule has 124 valence electrons. The maximum Gasteiger partial charge on any atom is 0.193 e. The van der Waals surface area contributed by atoms with Gasteiger partial charge in [0.15, 0.2) is 5.96 Å². The molecule has 24 heavy (non-hydrogen) atoms. The summed E-state index contributed by atoms with van der Waals surface area (Å²) in [4.78, 5) is 7.71. The van der Waals surface area contributed by atoms with E-state index in [0.717, 1.165) is 23.2 Å². The van der Waals surface area contributed by atoms with Crippen LogP contribution in [0.3, 0.4) is 0 Å². The number of benzene rings is 2. The molecule has 0 atom stereocenters. The number of nitrogens with zero attached hydrogens (tertiary/aromatic N) is 1. The van der Waals surface area contributed by atoms with Crippen LogP contribution in [0, 0.1) is 0 Å². The Kier molecular flexibility index (Phi) is 5.13. The summed E-state index contributed by atoms with van der Waals surface area (Å²) in [5, 5.41) is 4.39. The maximum atomic E-state index is 6.01. The first kappa shape index (κ1) is 16.1. The monoisotopic (exact) mass is 322 g/mol. The quantitative estimate of drug-likeness (QED) is 0.481. The normalized spacial score (nSPS) is 11.8. The molecule has 0 fully saturated rings. The minimum Gasteiger partial charge on any atom is -0.380 e. The number of hydrogen-bond donors (Lipinski definition) is 3. The second-order valence-electron chi connectivity index (χ2n) is 5.59. The fourth-order valence-corrected chi connectivity index (χ4v) is 2.74. The number of H-pyrrole nitrogens is 1. The van der Waals surface area contributed by atoms with E-state index >= 15 is 0 Å². The summed E-state index contributed by atoms with van der Waals surface area (Å²) in [6.45, 7) is 1.17. The molecule has 3 aromatic rings. The molecule has 0 aliphatic rings. The average molecular weight is 322 g/mol. The van der Waals surface area contributed by atoms with Crippen molar-refractivity contribution in [2.24, 2.45) is 10.7 Å². The Hall–Kier alpha value is -2.79. The Bertz CT molecular complexity index is 838. The maximum absolute atomic E-state index is 6.01. The van der Waals surface area contributed by atoms with Gasteiger partial charge >= 0.3 is 0 Å². The summed E-state index contributed by atoms with van der Waals surface area (Å²) in [6, 6.07) is 16.2. The Morgan fingerprint density at radius 1 is 1.12 bits per heavy atom. The van der Waals surface area contributed by atoms with E-state index in [4.69, 9.17) is 10.5 Å². The van der Waals surface area contributed by atoms with Gasteiger partial charge in [0.2, 0.25) is 0 Å². The van der Waals surface area contributed by atoms with Gasteiger partial charge in [0, 0.05) is 42.0 Å². The third kappa shape index (κ3) is 3.75. The van der Waals surface area contributed by atoms with Gasteiger partial charge < -0.3 is 20.8 Å². The summed E-state index contributed by atoms with van der Waals surface area (Å²) in [6.07, 6.45) is 2.88. The van der Waals surface area contributed by atoms with Gasteiger partial charge in [-0.1, -0.05) is 36.4 Å². The zero-order valence-corrected chi connectivity index (χ0v) is 13.8. The van der Waals surface area contributed by atoms with E-state index in [9.17, 15) is 0 Å². The van der Waals surface area contributed by atoms with Gasteiger partial charge in [-0.15, -0.1) is 0 Å². The van der Waals surface area contributed by atoms with Crippen LogP contribution in [0.15, 0.2) is 59.7 Å². The Morgan fingerprint density at radius 3 is 2.79 bits per heavy atom. The standard InChI is InChI=1S/C19H22N4O/c1-24-13-15-6-2-4-8-17(15)23-19(20)21-11-10-14-12-22-18-9-5-3-7-16(14)18/h2-9,12,22H,10-11,13H2,1H3,(H3,20,21,23). The molecule has 0 spiro atoms. The number of fused-ring (bicyclic) bond motifs is 1. The second-order valence-corrected chi connectivity index (χ2v) is 5.59. The lowest BCUT2D eigenvalue weighted by molar-refractivity contribution is 0.185. The lowest BCUT2D eigenvalue weighted by Crippen LogP contribution is -2.23. The first-order valence-electron chi connectivity index (χ1n) is 7.96. The van der Waals surface area contributed by atoms with Crippen LogP contribution in [-0.2, 0) is 17.8 Å². The predicted molar refractivity (Wildman–Crippen MR) is 99.3 cm³/mol. The van der Waals surface area contributed by atoms with Crippen LogP contribution in [0.5, 0.6) is 0 Å². The third-order valence-electron chi connectivity index (χ3n) is 3.92. The number of para-hydroxylation sites is 2. The molecule has 0 saturated carbocycles. The smallest absolute Gasteiger partial charge is 0.193 e. The number of nitrogens with two attached hydrogens (primary N) is 1. The summed E-state index contributed by atoms with van der Waals surface area (Å²) in [5.41, 5.74) is 10.4. The average Bonchev–Trinajstić information content (AvgIpc) is 3.00. The summed E-state index contributed by atoms with van der Waals surface area (Å²) in [5.74, 6) is 0.415. The number of aliphatic imine (C=N–C) groups is 1. The van der Waals surface area contributed by atoms with Crippen molar-refractivity contribution in [2.45, 2.75) is 13.0 Å². The van der Waals surface area contributed by atoms with Crippen molar-refractivity contribution in [3.8, 4) is 0 Å². The SMILES string of the molecule is COCc1ccccc1NC(N)=NCCc1c[nH]c2ccccc12. The van der Waals surface area contributed by atoms with Gasteiger partial charge in [-0.3, -0.25) is 4.99 Å². The number of nitrogens with one attached hydrogen (secondary N) is 2. The van der Waals surface area contributed by atoms with E-state index in [0.29, 0.717) is 19.1 Å². The zero-order chi connectivity index (χ0) is 16.8. The summed E-state index contributed by atoms with van der Waals surface area (Å²) < 4.78 is 5.20. The van der Waals surface area contributed by atoms with Crippen molar-refractivity contribution in [3.63, 3.8) is 0 Å². The van der Waals surface area contributed by atoms with Gasteiger partial charge in [-0.2, -0.15) is 0 Å². The van der Waals surface area contributed by atoms with Crippen LogP contribution in [0.4, 0.5) is 5.69 Å². The molecule has 0 bridgehead atoms. The van der Waals surface area contributed by atoms with Crippen LogP contribution in [0.25, 0.3) is 10.9 Å². The first-order chi connectivity index (χ1) is 11.8. The van der Waals surface area contributed by atoms with Crippen molar-refractivity contribution < 1.29 is 4.74 Å². The van der Waals surface area contributed by atoms with Gasteiger partial charge in [0.1, 0.15) is 0 Å². The molecular weight excluding hydrogens is 300 g/mol. The Balaban J connectivity index is 1.63. The number of hydrogen-bond acceptors (Lipinski definition) is 2. The van der Waals surface area contributed by atoms with Crippen LogP contribution < -0.4 is 11.1 Å². The highest BCUT2D eigenvalue weighted by molar-refractivity contribution is 5.93. The fraction of sp³-hybridized carbons (Fsp3) is 0.211. The van der Waals surface area contributed by atoms with Crippen molar-refractivity contribution in [1.82, 2.24) is 4.98 Å². The lowest BCUT2D eigenvalue weighted by Gasteiger charge is -2.10. The van der Waals surface area contributed by atoms with E-state index in [1.807, 2.05) is 42.6 Å². The Morgan fingerprint density at radius 2 is 1.92 bits per heavy atom. The summed E-state index contributed by atoms with van der Waals surface area (Å²) in [7, 11) is 1.68. The molecule has 0 amide bonds. The molecule has 0 saturated heterocycles. The molecular formula is C19H22N4O. The fourth-order valence-electron chi connectivity index (χ4n) is 2.74. The van der Waals surface area contributed by atoms with E-state index in [-0.39, 0.29) is 0 Å². The van der Waals surface area contributed by atoms with Crippen LogP contribution in [-0.4, -0.2) is 24.6 Å². The molecule has 5 heteroatoms. The van der Waals surface area contributed by atoms with Crippen LogP contribution in [0.2, 0.25) is 0 Å². The number of methoxy groups -OCH3 is 1. The predicted octanol–water partition coefficient (Wildman–Crippen LogP) is 3.28. The molecule has 4 N–H and O–H groups in total. The molecule has 1 heterocycles. The van der Waals surface area contributed by atoms with Crippen molar-refractivity contribution in [1.29, 1.82) is 0 Å². The molecule has 1 aromatic heterocycles. The van der Waals surface area contributed by atoms with Crippen molar-refractivity contribution in [2.75, 3.05) is 19.0 Å².